The van der Waals surface area contributed by atoms with Crippen molar-refractivity contribution < 1.29 is 9.18 Å². The van der Waals surface area contributed by atoms with E-state index < -0.39 is 0 Å². The van der Waals surface area contributed by atoms with E-state index in [4.69, 9.17) is 0 Å². The number of anilines is 1. The van der Waals surface area contributed by atoms with Crippen molar-refractivity contribution in [1.29, 1.82) is 0 Å². The largest absolute Gasteiger partial charge is 0.308 e. The van der Waals surface area contributed by atoms with Crippen LogP contribution in [0.4, 0.5) is 9.52 Å². The molecule has 0 N–H and O–H groups in total. The number of carbonyl (C=O) groups excluding carboxylic acids is 1. The van der Waals surface area contributed by atoms with Crippen molar-refractivity contribution in [3.8, 4) is 5.69 Å². The second-order valence-corrected chi connectivity index (χ2v) is 8.24. The molecule has 0 fully saturated rings. The quantitative estimate of drug-likeness (QED) is 0.424. The maximum atomic E-state index is 14.2. The zero-order valence-corrected chi connectivity index (χ0v) is 19.1. The SMILES string of the molecule is Cc1c(C(=O)N(CCN(C)C)c2nc3c(F)cccc3s2)cnn1-c1ccccc1.Cl. The molecule has 0 aliphatic heterocycles. The lowest BCUT2D eigenvalue weighted by Crippen LogP contribution is -2.37. The van der Waals surface area contributed by atoms with Crippen molar-refractivity contribution in [2.24, 2.45) is 0 Å². The highest BCUT2D eigenvalue weighted by Crippen LogP contribution is 2.31. The smallest absolute Gasteiger partial charge is 0.263 e. The Morgan fingerprint density at radius 1 is 1.10 bits per heavy atom. The fourth-order valence-electron chi connectivity index (χ4n) is 3.20. The number of benzene rings is 2. The minimum atomic E-state index is -0.386. The van der Waals surface area contributed by atoms with Gasteiger partial charge in [0.2, 0.25) is 0 Å². The molecule has 4 aromatic rings. The van der Waals surface area contributed by atoms with Crippen LogP contribution in [0, 0.1) is 12.7 Å². The lowest BCUT2D eigenvalue weighted by molar-refractivity contribution is 0.0984. The zero-order chi connectivity index (χ0) is 21.3. The maximum Gasteiger partial charge on any atom is 0.263 e. The molecule has 0 saturated heterocycles. The number of amides is 1. The molecular weight excluding hydrogens is 437 g/mol. The van der Waals surface area contributed by atoms with Crippen LogP contribution in [0.25, 0.3) is 15.9 Å². The summed E-state index contributed by atoms with van der Waals surface area (Å²) in [7, 11) is 3.89. The number of rotatable bonds is 6. The van der Waals surface area contributed by atoms with Crippen LogP contribution in [0.15, 0.2) is 54.7 Å². The molecule has 0 aliphatic carbocycles. The van der Waals surface area contributed by atoms with Crippen molar-refractivity contribution >= 4 is 45.0 Å². The van der Waals surface area contributed by atoms with Gasteiger partial charge in [0.05, 0.1) is 27.8 Å². The van der Waals surface area contributed by atoms with Crippen LogP contribution < -0.4 is 4.90 Å². The van der Waals surface area contributed by atoms with E-state index in [1.807, 2.05) is 62.3 Å². The topological polar surface area (TPSA) is 54.3 Å². The lowest BCUT2D eigenvalue weighted by atomic mass is 10.2. The first-order valence-corrected chi connectivity index (χ1v) is 10.4. The number of carbonyl (C=O) groups is 1. The molecule has 0 saturated carbocycles. The fourth-order valence-corrected chi connectivity index (χ4v) is 4.20. The molecule has 0 radical (unpaired) electrons. The van der Waals surface area contributed by atoms with Crippen LogP contribution >= 0.6 is 23.7 Å². The van der Waals surface area contributed by atoms with Gasteiger partial charge in [-0.1, -0.05) is 35.6 Å². The Hall–Kier alpha value is -2.81. The minimum absolute atomic E-state index is 0. The first-order chi connectivity index (χ1) is 14.5. The van der Waals surface area contributed by atoms with E-state index >= 15 is 0 Å². The van der Waals surface area contributed by atoms with Crippen molar-refractivity contribution in [3.05, 3.63) is 71.8 Å². The average Bonchev–Trinajstić information content (AvgIpc) is 3.33. The van der Waals surface area contributed by atoms with E-state index in [-0.39, 0.29) is 29.6 Å². The Morgan fingerprint density at radius 3 is 2.52 bits per heavy atom. The molecule has 31 heavy (non-hydrogen) atoms. The zero-order valence-electron chi connectivity index (χ0n) is 17.4. The van der Waals surface area contributed by atoms with Crippen molar-refractivity contribution in [2.75, 3.05) is 32.1 Å². The predicted octanol–water partition coefficient (Wildman–Crippen LogP) is 4.56. The van der Waals surface area contributed by atoms with Crippen molar-refractivity contribution in [2.45, 2.75) is 6.92 Å². The van der Waals surface area contributed by atoms with Gasteiger partial charge in [0, 0.05) is 13.1 Å². The maximum absolute atomic E-state index is 14.2. The third-order valence-electron chi connectivity index (χ3n) is 4.85. The summed E-state index contributed by atoms with van der Waals surface area (Å²) in [6.07, 6.45) is 1.58. The molecule has 2 heterocycles. The summed E-state index contributed by atoms with van der Waals surface area (Å²) in [5.74, 6) is -0.584. The van der Waals surface area contributed by atoms with Gasteiger partial charge in [0.25, 0.3) is 5.91 Å². The monoisotopic (exact) mass is 459 g/mol. The van der Waals surface area contributed by atoms with E-state index in [9.17, 15) is 9.18 Å². The number of halogens is 2. The summed E-state index contributed by atoms with van der Waals surface area (Å²) < 4.78 is 16.6. The van der Waals surface area contributed by atoms with Crippen LogP contribution in [-0.2, 0) is 0 Å². The summed E-state index contributed by atoms with van der Waals surface area (Å²) in [4.78, 5) is 21.6. The highest BCUT2D eigenvalue weighted by molar-refractivity contribution is 7.22. The lowest BCUT2D eigenvalue weighted by Gasteiger charge is -2.21. The molecule has 1 amide bonds. The molecule has 4 rings (SSSR count). The Kier molecular flexibility index (Phi) is 7.04. The summed E-state index contributed by atoms with van der Waals surface area (Å²) in [5, 5.41) is 4.90. The third-order valence-corrected chi connectivity index (χ3v) is 5.89. The van der Waals surface area contributed by atoms with E-state index in [0.29, 0.717) is 28.5 Å². The number of nitrogens with zero attached hydrogens (tertiary/aromatic N) is 5. The van der Waals surface area contributed by atoms with Gasteiger partial charge in [-0.05, 0) is 45.3 Å². The van der Waals surface area contributed by atoms with Gasteiger partial charge in [0.1, 0.15) is 11.3 Å². The number of hydrogen-bond acceptors (Lipinski definition) is 5. The second kappa shape index (κ2) is 9.55. The normalized spacial score (nSPS) is 11.0. The fraction of sp³-hybridized carbons (Fsp3) is 0.227. The van der Waals surface area contributed by atoms with Gasteiger partial charge in [-0.3, -0.25) is 9.69 Å². The van der Waals surface area contributed by atoms with Gasteiger partial charge in [-0.15, -0.1) is 12.4 Å². The summed E-state index contributed by atoms with van der Waals surface area (Å²) in [6, 6.07) is 14.5. The van der Waals surface area contributed by atoms with Gasteiger partial charge in [-0.2, -0.15) is 5.10 Å². The van der Waals surface area contributed by atoms with Gasteiger partial charge < -0.3 is 4.90 Å². The predicted molar refractivity (Wildman–Crippen MR) is 125 cm³/mol. The van der Waals surface area contributed by atoms with Crippen molar-refractivity contribution in [3.63, 3.8) is 0 Å². The number of para-hydroxylation sites is 2. The number of hydrogen-bond donors (Lipinski definition) is 0. The van der Waals surface area contributed by atoms with E-state index in [0.717, 1.165) is 11.4 Å². The number of aromatic nitrogens is 3. The van der Waals surface area contributed by atoms with Crippen molar-refractivity contribution in [1.82, 2.24) is 19.7 Å². The molecule has 162 valence electrons. The summed E-state index contributed by atoms with van der Waals surface area (Å²) in [6.45, 7) is 2.95. The molecule has 9 heteroatoms. The number of fused-ring (bicyclic) bond motifs is 1. The Labute approximate surface area is 190 Å². The molecule has 0 aliphatic rings. The summed E-state index contributed by atoms with van der Waals surface area (Å²) >= 11 is 1.31. The number of thiazole rings is 1. The van der Waals surface area contributed by atoms with Crippen LogP contribution in [0.2, 0.25) is 0 Å². The molecule has 6 nitrogen and oxygen atoms in total. The van der Waals surface area contributed by atoms with Crippen LogP contribution in [-0.4, -0.2) is 52.8 Å². The molecule has 0 spiro atoms. The van der Waals surface area contributed by atoms with Gasteiger partial charge in [0.15, 0.2) is 5.13 Å². The average molecular weight is 460 g/mol. The Morgan fingerprint density at radius 2 is 1.84 bits per heavy atom. The van der Waals surface area contributed by atoms with E-state index in [1.165, 1.54) is 17.4 Å². The van der Waals surface area contributed by atoms with Crippen LogP contribution in [0.3, 0.4) is 0 Å². The second-order valence-electron chi connectivity index (χ2n) is 7.23. The van der Waals surface area contributed by atoms with Gasteiger partial charge in [-0.25, -0.2) is 14.1 Å². The molecule has 0 atom stereocenters. The van der Waals surface area contributed by atoms with Crippen LogP contribution in [0.5, 0.6) is 0 Å². The Balaban J connectivity index is 0.00000272. The van der Waals surface area contributed by atoms with E-state index in [2.05, 4.69) is 10.1 Å². The molecule has 0 unspecified atom stereocenters. The molecule has 2 aromatic carbocycles. The first-order valence-electron chi connectivity index (χ1n) is 9.57. The van der Waals surface area contributed by atoms with Crippen LogP contribution in [0.1, 0.15) is 16.1 Å². The minimum Gasteiger partial charge on any atom is -0.308 e. The van der Waals surface area contributed by atoms with Gasteiger partial charge >= 0.3 is 0 Å². The standard InChI is InChI=1S/C22H22FN5OS.ClH/c1-15-17(14-24-28(15)16-8-5-4-6-9-16)21(29)27(13-12-26(2)3)22-25-20-18(23)10-7-11-19(20)30-22;/h4-11,14H,12-13H2,1-3H3;1H. The van der Waals surface area contributed by atoms with E-state index in [1.54, 1.807) is 21.8 Å². The Bertz CT molecular complexity index is 1190. The first kappa shape index (κ1) is 22.9. The summed E-state index contributed by atoms with van der Waals surface area (Å²) in [5.41, 5.74) is 2.42. The number of likely N-dealkylation sites (N-methyl/N-ethyl adjacent to an activating group) is 1. The third kappa shape index (κ3) is 4.61. The highest BCUT2D eigenvalue weighted by atomic mass is 35.5. The molecule has 2 aromatic heterocycles. The highest BCUT2D eigenvalue weighted by Gasteiger charge is 2.25. The molecule has 0 bridgehead atoms. The molecular formula is C22H23ClFN5OS.